The van der Waals surface area contributed by atoms with E-state index in [1.807, 2.05) is 89.6 Å². The molecule has 5 nitrogen and oxygen atoms in total. The summed E-state index contributed by atoms with van der Waals surface area (Å²) >= 11 is 0. The second-order valence-electron chi connectivity index (χ2n) is 5.70. The van der Waals surface area contributed by atoms with E-state index in [1.54, 1.807) is 7.11 Å². The van der Waals surface area contributed by atoms with Crippen molar-refractivity contribution in [3.8, 4) is 22.8 Å². The van der Waals surface area contributed by atoms with E-state index in [0.29, 0.717) is 5.95 Å². The van der Waals surface area contributed by atoms with Gasteiger partial charge in [0.1, 0.15) is 5.75 Å². The zero-order valence-electron chi connectivity index (χ0n) is 14.3. The Balaban J connectivity index is 1.79. The van der Waals surface area contributed by atoms with Crippen molar-refractivity contribution in [1.29, 1.82) is 0 Å². The molecule has 0 amide bonds. The van der Waals surface area contributed by atoms with Gasteiger partial charge in [0.15, 0.2) is 5.82 Å². The van der Waals surface area contributed by atoms with Crippen LogP contribution in [-0.4, -0.2) is 21.9 Å². The Morgan fingerprint density at radius 2 is 1.46 bits per heavy atom. The third kappa shape index (κ3) is 3.15. The summed E-state index contributed by atoms with van der Waals surface area (Å²) in [5, 5.41) is 7.92. The smallest absolute Gasteiger partial charge is 0.247 e. The molecule has 128 valence electrons. The first-order chi connectivity index (χ1) is 12.8. The first kappa shape index (κ1) is 15.9. The van der Waals surface area contributed by atoms with Gasteiger partial charge in [0.2, 0.25) is 5.95 Å². The van der Waals surface area contributed by atoms with Gasteiger partial charge in [0.05, 0.1) is 18.5 Å². The second kappa shape index (κ2) is 7.11. The van der Waals surface area contributed by atoms with E-state index < -0.39 is 0 Å². The van der Waals surface area contributed by atoms with E-state index in [0.717, 1.165) is 28.5 Å². The van der Waals surface area contributed by atoms with Gasteiger partial charge in [0, 0.05) is 5.56 Å². The number of benzene rings is 3. The van der Waals surface area contributed by atoms with Gasteiger partial charge in [0.25, 0.3) is 0 Å². The monoisotopic (exact) mass is 342 g/mol. The van der Waals surface area contributed by atoms with Gasteiger partial charge < -0.3 is 10.1 Å². The minimum atomic E-state index is 0.511. The van der Waals surface area contributed by atoms with Crippen LogP contribution >= 0.6 is 0 Å². The molecule has 0 aliphatic rings. The molecule has 0 unspecified atom stereocenters. The first-order valence-corrected chi connectivity index (χ1v) is 8.33. The van der Waals surface area contributed by atoms with E-state index in [9.17, 15) is 0 Å². The molecule has 1 heterocycles. The van der Waals surface area contributed by atoms with Gasteiger partial charge in [-0.15, -0.1) is 5.10 Å². The minimum absolute atomic E-state index is 0.511. The van der Waals surface area contributed by atoms with Crippen molar-refractivity contribution in [3.63, 3.8) is 0 Å². The molecule has 1 aromatic heterocycles. The molecule has 4 aromatic rings. The topological polar surface area (TPSA) is 52.0 Å². The fraction of sp³-hybridized carbons (Fsp3) is 0.0476. The van der Waals surface area contributed by atoms with Crippen molar-refractivity contribution in [2.24, 2.45) is 0 Å². The number of nitrogens with zero attached hydrogens (tertiary/aromatic N) is 3. The van der Waals surface area contributed by atoms with Crippen LogP contribution in [-0.2, 0) is 0 Å². The van der Waals surface area contributed by atoms with Crippen molar-refractivity contribution >= 4 is 11.6 Å². The Bertz CT molecular complexity index is 940. The largest absolute Gasteiger partial charge is 0.495 e. The van der Waals surface area contributed by atoms with Crippen LogP contribution in [0.4, 0.5) is 11.6 Å². The van der Waals surface area contributed by atoms with E-state index in [-0.39, 0.29) is 0 Å². The molecule has 5 heteroatoms. The zero-order chi connectivity index (χ0) is 17.8. The number of ether oxygens (including phenoxy) is 1. The Hall–Kier alpha value is -3.60. The third-order valence-electron chi connectivity index (χ3n) is 3.99. The highest BCUT2D eigenvalue weighted by Crippen LogP contribution is 2.28. The third-order valence-corrected chi connectivity index (χ3v) is 3.99. The van der Waals surface area contributed by atoms with Crippen LogP contribution in [0.25, 0.3) is 17.1 Å². The van der Waals surface area contributed by atoms with Gasteiger partial charge in [-0.1, -0.05) is 60.7 Å². The maximum absolute atomic E-state index is 5.40. The molecule has 0 fully saturated rings. The Kier molecular flexibility index (Phi) is 4.35. The lowest BCUT2D eigenvalue weighted by molar-refractivity contribution is 0.417. The highest BCUT2D eigenvalue weighted by molar-refractivity contribution is 5.65. The summed E-state index contributed by atoms with van der Waals surface area (Å²) in [5.74, 6) is 2.02. The lowest BCUT2D eigenvalue weighted by Gasteiger charge is -2.07. The number of anilines is 2. The van der Waals surface area contributed by atoms with Crippen LogP contribution in [0.3, 0.4) is 0 Å². The molecule has 3 aromatic carbocycles. The first-order valence-electron chi connectivity index (χ1n) is 8.33. The molecule has 4 rings (SSSR count). The average Bonchev–Trinajstić information content (AvgIpc) is 3.13. The van der Waals surface area contributed by atoms with Gasteiger partial charge in [-0.25, -0.2) is 4.68 Å². The molecule has 26 heavy (non-hydrogen) atoms. The zero-order valence-corrected chi connectivity index (χ0v) is 14.3. The number of hydrogen-bond donors (Lipinski definition) is 1. The molecule has 0 atom stereocenters. The Morgan fingerprint density at radius 1 is 0.808 bits per heavy atom. The van der Waals surface area contributed by atoms with Crippen LogP contribution in [0.5, 0.6) is 5.75 Å². The predicted molar refractivity (Wildman–Crippen MR) is 103 cm³/mol. The van der Waals surface area contributed by atoms with Crippen LogP contribution in [0.15, 0.2) is 84.9 Å². The summed E-state index contributed by atoms with van der Waals surface area (Å²) in [5.41, 5.74) is 2.77. The number of aromatic nitrogens is 3. The number of methoxy groups -OCH3 is 1. The van der Waals surface area contributed by atoms with Gasteiger partial charge >= 0.3 is 0 Å². The van der Waals surface area contributed by atoms with Crippen LogP contribution < -0.4 is 10.1 Å². The fourth-order valence-corrected chi connectivity index (χ4v) is 2.76. The van der Waals surface area contributed by atoms with Gasteiger partial charge in [-0.05, 0) is 24.3 Å². The van der Waals surface area contributed by atoms with Crippen molar-refractivity contribution in [2.45, 2.75) is 0 Å². The van der Waals surface area contributed by atoms with Gasteiger partial charge in [-0.2, -0.15) is 4.98 Å². The maximum Gasteiger partial charge on any atom is 0.247 e. The number of para-hydroxylation sites is 3. The summed E-state index contributed by atoms with van der Waals surface area (Å²) in [6.07, 6.45) is 0. The van der Waals surface area contributed by atoms with Gasteiger partial charge in [-0.3, -0.25) is 0 Å². The van der Waals surface area contributed by atoms with Crippen molar-refractivity contribution in [1.82, 2.24) is 14.8 Å². The summed E-state index contributed by atoms with van der Waals surface area (Å²) in [6, 6.07) is 27.7. The fourth-order valence-electron chi connectivity index (χ4n) is 2.76. The lowest BCUT2D eigenvalue weighted by atomic mass is 10.2. The maximum atomic E-state index is 5.40. The molecular formula is C21H18N4O. The van der Waals surface area contributed by atoms with Crippen LogP contribution in [0.1, 0.15) is 0 Å². The van der Waals surface area contributed by atoms with Crippen LogP contribution in [0.2, 0.25) is 0 Å². The van der Waals surface area contributed by atoms with Crippen molar-refractivity contribution in [3.05, 3.63) is 84.9 Å². The number of hydrogen-bond acceptors (Lipinski definition) is 4. The second-order valence-corrected chi connectivity index (χ2v) is 5.70. The molecule has 0 spiro atoms. The number of nitrogens with one attached hydrogen (secondary N) is 1. The molecule has 0 bridgehead atoms. The summed E-state index contributed by atoms with van der Waals surface area (Å²) in [4.78, 5) is 4.71. The molecule has 0 aliphatic carbocycles. The van der Waals surface area contributed by atoms with E-state index >= 15 is 0 Å². The highest BCUT2D eigenvalue weighted by Gasteiger charge is 2.14. The normalized spacial score (nSPS) is 10.5. The molecule has 0 saturated carbocycles. The van der Waals surface area contributed by atoms with Crippen molar-refractivity contribution in [2.75, 3.05) is 12.4 Å². The van der Waals surface area contributed by atoms with Crippen molar-refractivity contribution < 1.29 is 4.74 Å². The predicted octanol–water partition coefficient (Wildman–Crippen LogP) is 4.69. The van der Waals surface area contributed by atoms with E-state index in [4.69, 9.17) is 9.72 Å². The Morgan fingerprint density at radius 3 is 2.19 bits per heavy atom. The Labute approximate surface area is 151 Å². The quantitative estimate of drug-likeness (QED) is 0.572. The average molecular weight is 342 g/mol. The molecular weight excluding hydrogens is 324 g/mol. The SMILES string of the molecule is COc1ccccc1Nc1nc(-c2ccccc2)n(-c2ccccc2)n1. The lowest BCUT2D eigenvalue weighted by Crippen LogP contribution is -2.00. The number of rotatable bonds is 5. The summed E-state index contributed by atoms with van der Waals surface area (Å²) in [7, 11) is 1.64. The molecule has 1 N–H and O–H groups in total. The molecule has 0 saturated heterocycles. The highest BCUT2D eigenvalue weighted by atomic mass is 16.5. The van der Waals surface area contributed by atoms with E-state index in [2.05, 4.69) is 10.4 Å². The summed E-state index contributed by atoms with van der Waals surface area (Å²) in [6.45, 7) is 0. The summed E-state index contributed by atoms with van der Waals surface area (Å²) < 4.78 is 7.24. The minimum Gasteiger partial charge on any atom is -0.495 e. The van der Waals surface area contributed by atoms with E-state index in [1.165, 1.54) is 0 Å². The standard InChI is InChI=1S/C21H18N4O/c1-26-19-15-9-8-14-18(19)22-21-23-20(16-10-4-2-5-11-16)25(24-21)17-12-6-3-7-13-17/h2-15H,1H3,(H,22,24). The van der Waals surface area contributed by atoms with Crippen LogP contribution in [0, 0.1) is 0 Å². The molecule has 0 aliphatic heterocycles. The molecule has 0 radical (unpaired) electrons.